The van der Waals surface area contributed by atoms with E-state index in [9.17, 15) is 0 Å². The molecule has 0 aliphatic heterocycles. The predicted molar refractivity (Wildman–Crippen MR) is 86.1 cm³/mol. The van der Waals surface area contributed by atoms with Crippen LogP contribution in [0.15, 0.2) is 23.4 Å². The van der Waals surface area contributed by atoms with E-state index in [1.807, 2.05) is 11.8 Å². The number of hydrogen-bond donors (Lipinski definition) is 2. The van der Waals surface area contributed by atoms with Gasteiger partial charge in [-0.15, -0.1) is 0 Å². The number of hydrogen-bond acceptors (Lipinski definition) is 3. The predicted octanol–water partition coefficient (Wildman–Crippen LogP) is 3.87. The van der Waals surface area contributed by atoms with Crippen molar-refractivity contribution in [1.82, 2.24) is 9.97 Å². The molecule has 0 bridgehead atoms. The Labute approximate surface area is 124 Å². The summed E-state index contributed by atoms with van der Waals surface area (Å²) in [5, 5.41) is 1.51. The molecule has 20 heavy (non-hydrogen) atoms. The molecule has 1 aromatic heterocycles. The summed E-state index contributed by atoms with van der Waals surface area (Å²) in [7, 11) is 0. The molecule has 3 atom stereocenters. The number of rotatable bonds is 3. The maximum absolute atomic E-state index is 6.30. The number of aryl methyl sites for hydroxylation is 1. The van der Waals surface area contributed by atoms with E-state index in [4.69, 9.17) is 5.73 Å². The second kappa shape index (κ2) is 5.78. The molecule has 0 saturated heterocycles. The second-order valence-electron chi connectivity index (χ2n) is 5.97. The van der Waals surface area contributed by atoms with Crippen molar-refractivity contribution in [2.45, 2.75) is 56.0 Å². The molecule has 3 rings (SSSR count). The molecule has 1 heterocycles. The minimum Gasteiger partial charge on any atom is -0.333 e. The number of H-pyrrole nitrogens is 1. The van der Waals surface area contributed by atoms with Crippen molar-refractivity contribution in [3.8, 4) is 0 Å². The van der Waals surface area contributed by atoms with Gasteiger partial charge in [0.05, 0.1) is 11.0 Å². The van der Waals surface area contributed by atoms with E-state index in [-0.39, 0.29) is 0 Å². The topological polar surface area (TPSA) is 54.7 Å². The number of imidazole rings is 1. The van der Waals surface area contributed by atoms with E-state index in [1.165, 1.54) is 24.8 Å². The Balaban J connectivity index is 1.77. The van der Waals surface area contributed by atoms with Gasteiger partial charge < -0.3 is 10.7 Å². The van der Waals surface area contributed by atoms with Crippen LogP contribution in [0.4, 0.5) is 0 Å². The molecule has 1 aromatic carbocycles. The molecule has 1 fully saturated rings. The fourth-order valence-electron chi connectivity index (χ4n) is 3.04. The molecular weight excluding hydrogens is 266 g/mol. The summed E-state index contributed by atoms with van der Waals surface area (Å²) in [5.74, 6) is 0.832. The summed E-state index contributed by atoms with van der Waals surface area (Å²) in [6.45, 7) is 4.39. The quantitative estimate of drug-likeness (QED) is 0.902. The molecule has 3 N–H and O–H groups in total. The molecule has 3 unspecified atom stereocenters. The fraction of sp³-hybridized carbons (Fsp3) is 0.562. The summed E-state index contributed by atoms with van der Waals surface area (Å²) >= 11 is 1.83. The zero-order valence-corrected chi connectivity index (χ0v) is 13.0. The number of benzene rings is 1. The van der Waals surface area contributed by atoms with Crippen molar-refractivity contribution in [3.63, 3.8) is 0 Å². The zero-order chi connectivity index (χ0) is 14.1. The molecule has 0 amide bonds. The van der Waals surface area contributed by atoms with Crippen LogP contribution in [0, 0.1) is 12.8 Å². The maximum Gasteiger partial charge on any atom is 0.166 e. The molecule has 0 spiro atoms. The molecule has 108 valence electrons. The summed E-state index contributed by atoms with van der Waals surface area (Å²) in [5.41, 5.74) is 9.74. The van der Waals surface area contributed by atoms with E-state index in [2.05, 4.69) is 42.0 Å². The Morgan fingerprint density at radius 3 is 3.05 bits per heavy atom. The van der Waals surface area contributed by atoms with Crippen molar-refractivity contribution in [2.75, 3.05) is 0 Å². The van der Waals surface area contributed by atoms with E-state index >= 15 is 0 Å². The monoisotopic (exact) mass is 289 g/mol. The molecule has 4 heteroatoms. The van der Waals surface area contributed by atoms with Crippen LogP contribution in [-0.2, 0) is 0 Å². The first-order chi connectivity index (χ1) is 9.65. The first kappa shape index (κ1) is 14.0. The Hall–Kier alpha value is -1.00. The van der Waals surface area contributed by atoms with Gasteiger partial charge in [-0.2, -0.15) is 0 Å². The van der Waals surface area contributed by atoms with Gasteiger partial charge in [-0.25, -0.2) is 4.98 Å². The molecule has 1 aliphatic rings. The van der Waals surface area contributed by atoms with Crippen molar-refractivity contribution in [2.24, 2.45) is 11.7 Å². The minimum atomic E-state index is 0.303. The van der Waals surface area contributed by atoms with Crippen LogP contribution in [0.25, 0.3) is 11.0 Å². The zero-order valence-electron chi connectivity index (χ0n) is 12.2. The average molecular weight is 289 g/mol. The third-order valence-corrected chi connectivity index (χ3v) is 5.67. The Bertz CT molecular complexity index is 592. The number of aromatic nitrogens is 2. The van der Waals surface area contributed by atoms with E-state index in [0.29, 0.717) is 11.3 Å². The molecule has 0 radical (unpaired) electrons. The lowest BCUT2D eigenvalue weighted by Crippen LogP contribution is -2.38. The number of nitrogens with one attached hydrogen (secondary N) is 1. The van der Waals surface area contributed by atoms with Gasteiger partial charge in [-0.1, -0.05) is 31.2 Å². The summed E-state index contributed by atoms with van der Waals surface area (Å²) in [4.78, 5) is 8.12. The van der Waals surface area contributed by atoms with Gasteiger partial charge in [0.1, 0.15) is 0 Å². The summed E-state index contributed by atoms with van der Waals surface area (Å²) in [6.07, 6.45) is 4.92. The molecule has 1 saturated carbocycles. The lowest BCUT2D eigenvalue weighted by molar-refractivity contribution is 0.327. The van der Waals surface area contributed by atoms with Gasteiger partial charge in [0.15, 0.2) is 5.16 Å². The third-order valence-electron chi connectivity index (χ3n) is 4.41. The largest absolute Gasteiger partial charge is 0.333 e. The van der Waals surface area contributed by atoms with Gasteiger partial charge in [0.25, 0.3) is 0 Å². The standard InChI is InChI=1S/C16H23N3S/c1-3-11-5-6-12(17)15(9-11)20-16-18-13-7-4-10(2)8-14(13)19-16/h4,7-8,11-12,15H,3,5-6,9,17H2,1-2H3,(H,18,19). The number of nitrogens with two attached hydrogens (primary N) is 1. The highest BCUT2D eigenvalue weighted by Crippen LogP contribution is 2.36. The fourth-order valence-corrected chi connectivity index (χ4v) is 4.33. The Kier molecular flexibility index (Phi) is 4.03. The highest BCUT2D eigenvalue weighted by molar-refractivity contribution is 7.99. The van der Waals surface area contributed by atoms with Crippen LogP contribution in [0.5, 0.6) is 0 Å². The summed E-state index contributed by atoms with van der Waals surface area (Å²) < 4.78 is 0. The van der Waals surface area contributed by atoms with Gasteiger partial charge in [0, 0.05) is 11.3 Å². The lowest BCUT2D eigenvalue weighted by Gasteiger charge is -2.32. The first-order valence-corrected chi connectivity index (χ1v) is 8.42. The lowest BCUT2D eigenvalue weighted by atomic mass is 9.84. The second-order valence-corrected chi connectivity index (χ2v) is 7.20. The van der Waals surface area contributed by atoms with E-state index in [0.717, 1.165) is 28.5 Å². The first-order valence-electron chi connectivity index (χ1n) is 7.54. The van der Waals surface area contributed by atoms with Crippen LogP contribution in [0.1, 0.15) is 38.2 Å². The number of fused-ring (bicyclic) bond motifs is 1. The van der Waals surface area contributed by atoms with Crippen molar-refractivity contribution >= 4 is 22.8 Å². The molecule has 2 aromatic rings. The molecule has 3 nitrogen and oxygen atoms in total. The SMILES string of the molecule is CCC1CCC(N)C(Sc2nc3ccc(C)cc3[nH]2)C1. The minimum absolute atomic E-state index is 0.303. The van der Waals surface area contributed by atoms with Gasteiger partial charge in [-0.3, -0.25) is 0 Å². The Morgan fingerprint density at radius 2 is 2.25 bits per heavy atom. The summed E-state index contributed by atoms with van der Waals surface area (Å²) in [6, 6.07) is 6.65. The highest BCUT2D eigenvalue weighted by Gasteiger charge is 2.28. The average Bonchev–Trinajstić information content (AvgIpc) is 2.82. The highest BCUT2D eigenvalue weighted by atomic mass is 32.2. The van der Waals surface area contributed by atoms with Gasteiger partial charge in [0.2, 0.25) is 0 Å². The Morgan fingerprint density at radius 1 is 1.40 bits per heavy atom. The van der Waals surface area contributed by atoms with Crippen LogP contribution in [0.3, 0.4) is 0 Å². The van der Waals surface area contributed by atoms with Crippen molar-refractivity contribution in [3.05, 3.63) is 23.8 Å². The van der Waals surface area contributed by atoms with Gasteiger partial charge in [-0.05, 0) is 49.8 Å². The maximum atomic E-state index is 6.30. The van der Waals surface area contributed by atoms with Crippen molar-refractivity contribution in [1.29, 1.82) is 0 Å². The van der Waals surface area contributed by atoms with Crippen LogP contribution < -0.4 is 5.73 Å². The molecule has 1 aliphatic carbocycles. The number of nitrogens with zero attached hydrogens (tertiary/aromatic N) is 1. The number of thioether (sulfide) groups is 1. The van der Waals surface area contributed by atoms with E-state index in [1.54, 1.807) is 0 Å². The van der Waals surface area contributed by atoms with Crippen LogP contribution in [0.2, 0.25) is 0 Å². The van der Waals surface area contributed by atoms with Crippen molar-refractivity contribution < 1.29 is 0 Å². The molecular formula is C16H23N3S. The van der Waals surface area contributed by atoms with Crippen LogP contribution >= 0.6 is 11.8 Å². The third kappa shape index (κ3) is 2.86. The van der Waals surface area contributed by atoms with E-state index < -0.39 is 0 Å². The normalized spacial score (nSPS) is 27.1. The van der Waals surface area contributed by atoms with Gasteiger partial charge >= 0.3 is 0 Å². The smallest absolute Gasteiger partial charge is 0.166 e. The number of aromatic amines is 1. The van der Waals surface area contributed by atoms with Crippen LogP contribution in [-0.4, -0.2) is 21.3 Å².